The van der Waals surface area contributed by atoms with Crippen molar-refractivity contribution >= 4 is 0 Å². The molecule has 1 fully saturated rings. The molecule has 1 aromatic rings. The zero-order chi connectivity index (χ0) is 13.5. The molecule has 6 heteroatoms. The van der Waals surface area contributed by atoms with E-state index in [1.54, 1.807) is 0 Å². The molecule has 1 aliphatic heterocycles. The van der Waals surface area contributed by atoms with Crippen LogP contribution in [0.25, 0.3) is 0 Å². The molecular formula is C13H26N6. The summed E-state index contributed by atoms with van der Waals surface area (Å²) in [6.45, 7) is 9.53. The van der Waals surface area contributed by atoms with Gasteiger partial charge in [0.25, 0.3) is 0 Å². The number of aryl methyl sites for hydroxylation is 1. The number of hydrogen-bond donors (Lipinski definition) is 1. The van der Waals surface area contributed by atoms with Gasteiger partial charge in [-0.3, -0.25) is 4.90 Å². The standard InChI is InChI=1S/C13H26N6/c1-3-8-18(12-6-5-7-14-10-12)11-13-15-16-17-19(13)9-4-2/h12,14H,3-11H2,1-2H3. The van der Waals surface area contributed by atoms with Gasteiger partial charge < -0.3 is 5.32 Å². The van der Waals surface area contributed by atoms with E-state index in [4.69, 9.17) is 0 Å². The topological polar surface area (TPSA) is 58.9 Å². The number of rotatable bonds is 7. The summed E-state index contributed by atoms with van der Waals surface area (Å²) in [5.41, 5.74) is 0. The SMILES string of the molecule is CCCN(Cc1nnnn1CCC)C1CCCNC1. The number of hydrogen-bond acceptors (Lipinski definition) is 5. The van der Waals surface area contributed by atoms with Crippen molar-refractivity contribution in [3.05, 3.63) is 5.82 Å². The molecule has 0 aromatic carbocycles. The van der Waals surface area contributed by atoms with Crippen LogP contribution in [0.2, 0.25) is 0 Å². The Morgan fingerprint density at radius 2 is 2.26 bits per heavy atom. The third kappa shape index (κ3) is 3.98. The predicted octanol–water partition coefficient (Wildman–Crippen LogP) is 1.05. The minimum atomic E-state index is 0.625. The van der Waals surface area contributed by atoms with E-state index in [1.807, 2.05) is 4.68 Å². The molecule has 0 amide bonds. The molecule has 19 heavy (non-hydrogen) atoms. The van der Waals surface area contributed by atoms with Crippen molar-refractivity contribution in [3.8, 4) is 0 Å². The van der Waals surface area contributed by atoms with Gasteiger partial charge in [0, 0.05) is 19.1 Å². The van der Waals surface area contributed by atoms with Crippen LogP contribution in [0, 0.1) is 0 Å². The highest BCUT2D eigenvalue weighted by molar-refractivity contribution is 4.86. The zero-order valence-corrected chi connectivity index (χ0v) is 12.2. The van der Waals surface area contributed by atoms with Crippen molar-refractivity contribution in [2.24, 2.45) is 0 Å². The largest absolute Gasteiger partial charge is 0.315 e. The first-order chi connectivity index (χ1) is 9.35. The van der Waals surface area contributed by atoms with Crippen molar-refractivity contribution in [3.63, 3.8) is 0 Å². The number of tetrazole rings is 1. The van der Waals surface area contributed by atoms with E-state index < -0.39 is 0 Å². The van der Waals surface area contributed by atoms with Crippen LogP contribution in [-0.2, 0) is 13.1 Å². The maximum atomic E-state index is 4.19. The van der Waals surface area contributed by atoms with Crippen LogP contribution in [0.5, 0.6) is 0 Å². The van der Waals surface area contributed by atoms with Crippen LogP contribution >= 0.6 is 0 Å². The van der Waals surface area contributed by atoms with E-state index in [0.29, 0.717) is 6.04 Å². The third-order valence-electron chi connectivity index (χ3n) is 3.68. The predicted molar refractivity (Wildman–Crippen MR) is 74.7 cm³/mol. The third-order valence-corrected chi connectivity index (χ3v) is 3.68. The van der Waals surface area contributed by atoms with Gasteiger partial charge in [-0.05, 0) is 49.2 Å². The Morgan fingerprint density at radius 1 is 1.37 bits per heavy atom. The lowest BCUT2D eigenvalue weighted by atomic mass is 10.1. The van der Waals surface area contributed by atoms with Crippen LogP contribution in [0.4, 0.5) is 0 Å². The Labute approximate surface area is 115 Å². The molecular weight excluding hydrogens is 240 g/mol. The van der Waals surface area contributed by atoms with Gasteiger partial charge in [0.1, 0.15) is 0 Å². The molecule has 0 spiro atoms. The van der Waals surface area contributed by atoms with Gasteiger partial charge in [-0.1, -0.05) is 13.8 Å². The average Bonchev–Trinajstić information content (AvgIpc) is 2.87. The summed E-state index contributed by atoms with van der Waals surface area (Å²) in [5.74, 6) is 1.00. The molecule has 0 saturated carbocycles. The average molecular weight is 266 g/mol. The number of nitrogens with one attached hydrogen (secondary N) is 1. The van der Waals surface area contributed by atoms with E-state index >= 15 is 0 Å². The lowest BCUT2D eigenvalue weighted by Gasteiger charge is -2.34. The molecule has 0 radical (unpaired) electrons. The van der Waals surface area contributed by atoms with E-state index in [0.717, 1.165) is 45.0 Å². The molecule has 2 rings (SSSR count). The maximum Gasteiger partial charge on any atom is 0.165 e. The van der Waals surface area contributed by atoms with Crippen molar-refractivity contribution in [1.29, 1.82) is 0 Å². The Bertz CT molecular complexity index is 358. The second-order valence-corrected chi connectivity index (χ2v) is 5.29. The number of piperidine rings is 1. The van der Waals surface area contributed by atoms with E-state index in [2.05, 4.69) is 39.6 Å². The van der Waals surface area contributed by atoms with Crippen molar-refractivity contribution in [2.45, 2.75) is 58.7 Å². The smallest absolute Gasteiger partial charge is 0.165 e. The van der Waals surface area contributed by atoms with Crippen LogP contribution in [-0.4, -0.2) is 50.8 Å². The van der Waals surface area contributed by atoms with Gasteiger partial charge in [-0.25, -0.2) is 4.68 Å². The number of nitrogens with zero attached hydrogens (tertiary/aromatic N) is 5. The summed E-state index contributed by atoms with van der Waals surface area (Å²) in [7, 11) is 0. The highest BCUT2D eigenvalue weighted by Gasteiger charge is 2.22. The molecule has 1 N–H and O–H groups in total. The summed E-state index contributed by atoms with van der Waals surface area (Å²) in [6.07, 6.45) is 4.79. The normalized spacial score (nSPS) is 20.1. The quantitative estimate of drug-likeness (QED) is 0.799. The minimum absolute atomic E-state index is 0.625. The first-order valence-corrected chi connectivity index (χ1v) is 7.55. The molecule has 1 unspecified atom stereocenters. The fourth-order valence-corrected chi connectivity index (χ4v) is 2.73. The Kier molecular flexibility index (Phi) is 5.72. The van der Waals surface area contributed by atoms with Crippen LogP contribution in [0.3, 0.4) is 0 Å². The molecule has 1 aromatic heterocycles. The van der Waals surface area contributed by atoms with Gasteiger partial charge in [0.15, 0.2) is 5.82 Å². The number of aromatic nitrogens is 4. The van der Waals surface area contributed by atoms with Crippen molar-refractivity contribution in [2.75, 3.05) is 19.6 Å². The minimum Gasteiger partial charge on any atom is -0.315 e. The highest BCUT2D eigenvalue weighted by atomic mass is 15.5. The lowest BCUT2D eigenvalue weighted by Crippen LogP contribution is -2.46. The molecule has 1 aliphatic rings. The zero-order valence-electron chi connectivity index (χ0n) is 12.2. The van der Waals surface area contributed by atoms with E-state index in [9.17, 15) is 0 Å². The monoisotopic (exact) mass is 266 g/mol. The first kappa shape index (κ1) is 14.4. The second kappa shape index (κ2) is 7.55. The fourth-order valence-electron chi connectivity index (χ4n) is 2.73. The molecule has 1 saturated heterocycles. The Balaban J connectivity index is 2.00. The molecule has 1 atom stereocenters. The van der Waals surface area contributed by atoms with Crippen molar-refractivity contribution in [1.82, 2.24) is 30.4 Å². The van der Waals surface area contributed by atoms with Gasteiger partial charge in [0.2, 0.25) is 0 Å². The molecule has 6 nitrogen and oxygen atoms in total. The lowest BCUT2D eigenvalue weighted by molar-refractivity contribution is 0.151. The van der Waals surface area contributed by atoms with Crippen LogP contribution < -0.4 is 5.32 Å². The van der Waals surface area contributed by atoms with Gasteiger partial charge in [0.05, 0.1) is 6.54 Å². The maximum absolute atomic E-state index is 4.19. The summed E-state index contributed by atoms with van der Waals surface area (Å²) in [5, 5.41) is 15.6. The molecule has 0 bridgehead atoms. The molecule has 2 heterocycles. The van der Waals surface area contributed by atoms with Crippen LogP contribution in [0.15, 0.2) is 0 Å². The van der Waals surface area contributed by atoms with E-state index in [-0.39, 0.29) is 0 Å². The highest BCUT2D eigenvalue weighted by Crippen LogP contribution is 2.13. The summed E-state index contributed by atoms with van der Waals surface area (Å²) >= 11 is 0. The summed E-state index contributed by atoms with van der Waals surface area (Å²) in [4.78, 5) is 2.53. The van der Waals surface area contributed by atoms with Gasteiger partial charge >= 0.3 is 0 Å². The van der Waals surface area contributed by atoms with Crippen molar-refractivity contribution < 1.29 is 0 Å². The summed E-state index contributed by atoms with van der Waals surface area (Å²) < 4.78 is 1.94. The Hall–Kier alpha value is -1.01. The van der Waals surface area contributed by atoms with Crippen LogP contribution in [0.1, 0.15) is 45.4 Å². The van der Waals surface area contributed by atoms with Gasteiger partial charge in [-0.2, -0.15) is 0 Å². The van der Waals surface area contributed by atoms with E-state index in [1.165, 1.54) is 19.3 Å². The molecule has 0 aliphatic carbocycles. The van der Waals surface area contributed by atoms with Gasteiger partial charge in [-0.15, -0.1) is 5.10 Å². The Morgan fingerprint density at radius 3 is 2.95 bits per heavy atom. The summed E-state index contributed by atoms with van der Waals surface area (Å²) in [6, 6.07) is 0.625. The molecule has 108 valence electrons. The first-order valence-electron chi connectivity index (χ1n) is 7.55. The fraction of sp³-hybridized carbons (Fsp3) is 0.923. The second-order valence-electron chi connectivity index (χ2n) is 5.29.